The molecule has 1 amide bonds. The van der Waals surface area contributed by atoms with Gasteiger partial charge in [0.05, 0.1) is 5.52 Å². The van der Waals surface area contributed by atoms with Crippen LogP contribution in [0.5, 0.6) is 0 Å². The Bertz CT molecular complexity index is 1130. The highest BCUT2D eigenvalue weighted by Crippen LogP contribution is 2.33. The van der Waals surface area contributed by atoms with E-state index in [2.05, 4.69) is 69.6 Å². The highest BCUT2D eigenvalue weighted by atomic mass is 16.2. The smallest absolute Gasteiger partial charge is 0.223 e. The lowest BCUT2D eigenvalue weighted by atomic mass is 10.0. The van der Waals surface area contributed by atoms with Gasteiger partial charge in [0.2, 0.25) is 5.91 Å². The Morgan fingerprint density at radius 2 is 1.88 bits per heavy atom. The molecule has 0 atom stereocenters. The minimum Gasteiger partial charge on any atom is -0.367 e. The highest BCUT2D eigenvalue weighted by Gasteiger charge is 2.32. The number of anilines is 1. The van der Waals surface area contributed by atoms with E-state index in [1.54, 1.807) is 0 Å². The number of carbonyl (C=O) groups is 1. The molecule has 1 aromatic heterocycles. The van der Waals surface area contributed by atoms with E-state index >= 15 is 0 Å². The lowest BCUT2D eigenvalue weighted by Crippen LogP contribution is -2.32. The second-order valence-electron chi connectivity index (χ2n) is 9.33. The maximum Gasteiger partial charge on any atom is 0.223 e. The van der Waals surface area contributed by atoms with Crippen LogP contribution in [-0.2, 0) is 11.3 Å². The maximum atomic E-state index is 12.8. The van der Waals surface area contributed by atoms with Crippen LogP contribution in [0.15, 0.2) is 42.5 Å². The quantitative estimate of drug-likeness (QED) is 0.464. The molecule has 2 aliphatic rings. The predicted octanol–water partition coefficient (Wildman–Crippen LogP) is 5.86. The van der Waals surface area contributed by atoms with Crippen LogP contribution in [0.4, 0.5) is 5.82 Å². The van der Waals surface area contributed by atoms with Crippen LogP contribution < -0.4 is 5.32 Å². The molecule has 0 saturated heterocycles. The van der Waals surface area contributed by atoms with Gasteiger partial charge in [0.15, 0.2) is 0 Å². The molecule has 5 rings (SSSR count). The van der Waals surface area contributed by atoms with Gasteiger partial charge in [0.25, 0.3) is 0 Å². The Labute approximate surface area is 190 Å². The maximum absolute atomic E-state index is 12.8. The first-order chi connectivity index (χ1) is 15.6. The summed E-state index contributed by atoms with van der Waals surface area (Å²) in [6.07, 6.45) is 7.38. The molecular formula is C27H32N4O. The van der Waals surface area contributed by atoms with Gasteiger partial charge in [-0.25, -0.2) is 9.97 Å². The average Bonchev–Trinajstić information content (AvgIpc) is 3.71. The van der Waals surface area contributed by atoms with Gasteiger partial charge in [-0.2, -0.15) is 0 Å². The van der Waals surface area contributed by atoms with Crippen molar-refractivity contribution in [3.05, 3.63) is 53.9 Å². The third kappa shape index (κ3) is 4.77. The van der Waals surface area contributed by atoms with Gasteiger partial charge in [-0.3, -0.25) is 4.79 Å². The molecule has 166 valence electrons. The zero-order chi connectivity index (χ0) is 22.1. The third-order valence-corrected chi connectivity index (χ3v) is 6.39. The predicted molar refractivity (Wildman–Crippen MR) is 129 cm³/mol. The van der Waals surface area contributed by atoms with Crippen molar-refractivity contribution in [1.82, 2.24) is 14.9 Å². The fourth-order valence-corrected chi connectivity index (χ4v) is 4.28. The number of aryl methyl sites for hydroxylation is 1. The number of rotatable bonds is 9. The number of amides is 1. The molecule has 0 unspecified atom stereocenters. The van der Waals surface area contributed by atoms with Crippen molar-refractivity contribution in [3.8, 4) is 11.1 Å². The summed E-state index contributed by atoms with van der Waals surface area (Å²) in [5.41, 5.74) is 4.48. The molecule has 2 aromatic carbocycles. The fraction of sp³-hybridized carbons (Fsp3) is 0.444. The molecule has 0 spiro atoms. The van der Waals surface area contributed by atoms with Crippen molar-refractivity contribution in [2.24, 2.45) is 0 Å². The first kappa shape index (κ1) is 20.9. The molecule has 5 heteroatoms. The van der Waals surface area contributed by atoms with Crippen LogP contribution >= 0.6 is 0 Å². The minimum absolute atomic E-state index is 0.300. The zero-order valence-electron chi connectivity index (χ0n) is 19.1. The first-order valence-electron chi connectivity index (χ1n) is 12.0. The second kappa shape index (κ2) is 8.89. The number of hydrogen-bond acceptors (Lipinski definition) is 4. The molecule has 2 aliphatic carbocycles. The molecule has 1 heterocycles. The summed E-state index contributed by atoms with van der Waals surface area (Å²) < 4.78 is 0. The monoisotopic (exact) mass is 428 g/mol. The summed E-state index contributed by atoms with van der Waals surface area (Å²) in [4.78, 5) is 24.2. The van der Waals surface area contributed by atoms with E-state index in [0.717, 1.165) is 53.8 Å². The number of unbranched alkanes of at least 4 members (excludes halogenated alkanes) is 1. The van der Waals surface area contributed by atoms with Gasteiger partial charge in [0.1, 0.15) is 11.6 Å². The molecule has 5 nitrogen and oxygen atoms in total. The van der Waals surface area contributed by atoms with E-state index in [9.17, 15) is 4.79 Å². The Balaban J connectivity index is 1.42. The summed E-state index contributed by atoms with van der Waals surface area (Å²) in [7, 11) is 0. The Morgan fingerprint density at radius 1 is 1.06 bits per heavy atom. The van der Waals surface area contributed by atoms with Gasteiger partial charge >= 0.3 is 0 Å². The van der Waals surface area contributed by atoms with E-state index in [4.69, 9.17) is 0 Å². The van der Waals surface area contributed by atoms with Crippen molar-refractivity contribution in [2.45, 2.75) is 77.4 Å². The van der Waals surface area contributed by atoms with E-state index in [1.165, 1.54) is 24.0 Å². The minimum atomic E-state index is 0.300. The van der Waals surface area contributed by atoms with Crippen molar-refractivity contribution in [2.75, 3.05) is 5.32 Å². The first-order valence-corrected chi connectivity index (χ1v) is 12.0. The molecule has 2 fully saturated rings. The van der Waals surface area contributed by atoms with E-state index < -0.39 is 0 Å². The standard InChI is InChI=1S/C27H32N4O/c1-3-4-8-26(32)31(23-12-13-23)17-19-6-5-7-20(15-19)21-9-14-25-24(16-21)27(29-18(2)28-25)30-22-10-11-22/h5-7,9,14-16,22-23H,3-4,8,10-13,17H2,1-2H3,(H,28,29,30). The Morgan fingerprint density at radius 3 is 2.62 bits per heavy atom. The molecule has 0 radical (unpaired) electrons. The number of carbonyl (C=O) groups excluding carboxylic acids is 1. The van der Waals surface area contributed by atoms with Crippen molar-refractivity contribution < 1.29 is 4.79 Å². The molecular weight excluding hydrogens is 396 g/mol. The van der Waals surface area contributed by atoms with Crippen molar-refractivity contribution in [3.63, 3.8) is 0 Å². The normalized spacial score (nSPS) is 15.7. The molecule has 2 saturated carbocycles. The molecule has 3 aromatic rings. The summed E-state index contributed by atoms with van der Waals surface area (Å²) in [6, 6.07) is 16.0. The van der Waals surface area contributed by atoms with Crippen LogP contribution in [0.25, 0.3) is 22.0 Å². The number of nitrogens with zero attached hydrogens (tertiary/aromatic N) is 3. The van der Waals surface area contributed by atoms with Crippen molar-refractivity contribution >= 4 is 22.6 Å². The van der Waals surface area contributed by atoms with E-state index in [0.29, 0.717) is 31.0 Å². The number of aromatic nitrogens is 2. The highest BCUT2D eigenvalue weighted by molar-refractivity contribution is 5.93. The van der Waals surface area contributed by atoms with Crippen LogP contribution in [-0.4, -0.2) is 32.9 Å². The van der Waals surface area contributed by atoms with Gasteiger partial charge < -0.3 is 10.2 Å². The number of benzene rings is 2. The van der Waals surface area contributed by atoms with E-state index in [1.807, 2.05) is 6.92 Å². The Kier molecular flexibility index (Phi) is 5.81. The van der Waals surface area contributed by atoms with Gasteiger partial charge in [0, 0.05) is 30.4 Å². The molecule has 32 heavy (non-hydrogen) atoms. The van der Waals surface area contributed by atoms with Gasteiger partial charge in [-0.1, -0.05) is 37.6 Å². The lowest BCUT2D eigenvalue weighted by molar-refractivity contribution is -0.132. The van der Waals surface area contributed by atoms with Gasteiger partial charge in [-0.15, -0.1) is 0 Å². The van der Waals surface area contributed by atoms with Crippen molar-refractivity contribution in [1.29, 1.82) is 0 Å². The average molecular weight is 429 g/mol. The van der Waals surface area contributed by atoms with Crippen LogP contribution in [0.3, 0.4) is 0 Å². The zero-order valence-corrected chi connectivity index (χ0v) is 19.1. The second-order valence-corrected chi connectivity index (χ2v) is 9.33. The third-order valence-electron chi connectivity index (χ3n) is 6.39. The molecule has 0 aliphatic heterocycles. The number of fused-ring (bicyclic) bond motifs is 1. The number of nitrogens with one attached hydrogen (secondary N) is 1. The summed E-state index contributed by atoms with van der Waals surface area (Å²) in [6.45, 7) is 4.79. The van der Waals surface area contributed by atoms with E-state index in [-0.39, 0.29) is 0 Å². The fourth-order valence-electron chi connectivity index (χ4n) is 4.28. The number of hydrogen-bond donors (Lipinski definition) is 1. The summed E-state index contributed by atoms with van der Waals surface area (Å²) in [5, 5.41) is 4.64. The SMILES string of the molecule is CCCCC(=O)N(Cc1cccc(-c2ccc3nc(C)nc(NC4CC4)c3c2)c1)C1CC1. The van der Waals surface area contributed by atoms with Crippen LogP contribution in [0, 0.1) is 6.92 Å². The summed E-state index contributed by atoms with van der Waals surface area (Å²) >= 11 is 0. The topological polar surface area (TPSA) is 58.1 Å². The molecule has 1 N–H and O–H groups in total. The molecule has 0 bridgehead atoms. The Hall–Kier alpha value is -2.95. The van der Waals surface area contributed by atoms with Crippen LogP contribution in [0.2, 0.25) is 0 Å². The summed E-state index contributed by atoms with van der Waals surface area (Å²) in [5.74, 6) is 2.03. The van der Waals surface area contributed by atoms with Gasteiger partial charge in [-0.05, 0) is 73.9 Å². The lowest BCUT2D eigenvalue weighted by Gasteiger charge is -2.23. The largest absolute Gasteiger partial charge is 0.367 e. The van der Waals surface area contributed by atoms with Crippen LogP contribution in [0.1, 0.15) is 63.3 Å².